The Bertz CT molecular complexity index is 1300. The highest BCUT2D eigenvalue weighted by molar-refractivity contribution is 7.92. The summed E-state index contributed by atoms with van der Waals surface area (Å²) in [6.45, 7) is 0.658. The minimum Gasteiger partial charge on any atom is -0.457 e. The fraction of sp³-hybridized carbons (Fsp3) is 0.217. The number of ether oxygens (including phenoxy) is 1. The molecule has 0 N–H and O–H groups in total. The molecule has 4 nitrogen and oxygen atoms in total. The highest BCUT2D eigenvalue weighted by Gasteiger charge is 2.47. The van der Waals surface area contributed by atoms with Crippen LogP contribution in [0.1, 0.15) is 16.7 Å². The lowest BCUT2D eigenvalue weighted by Crippen LogP contribution is -2.31. The van der Waals surface area contributed by atoms with E-state index in [2.05, 4.69) is 0 Å². The third-order valence-corrected chi connectivity index (χ3v) is 6.91. The fourth-order valence-corrected chi connectivity index (χ4v) is 4.51. The molecule has 0 saturated heterocycles. The number of anilines is 1. The summed E-state index contributed by atoms with van der Waals surface area (Å²) in [7, 11) is -5.47. The molecule has 0 spiro atoms. The Labute approximate surface area is 191 Å². The van der Waals surface area contributed by atoms with Gasteiger partial charge in [-0.2, -0.15) is 26.3 Å². The van der Waals surface area contributed by atoms with E-state index in [1.807, 2.05) is 0 Å². The van der Waals surface area contributed by atoms with Crippen molar-refractivity contribution in [3.8, 4) is 11.5 Å². The molecular weight excluding hydrogens is 484 g/mol. The monoisotopic (exact) mass is 501 g/mol. The standard InChI is InChI=1S/C23H17F6NO3S/c24-22(25,26)16-7-9-18(10-8-16)33-21-6-1-3-15-14-30(12-11-20(15)21)17-4-2-5-19(13-17)34(31,32)23(27,28)29/h1-10,13H,11-12,14H2. The van der Waals surface area contributed by atoms with Crippen LogP contribution in [0.5, 0.6) is 11.5 Å². The van der Waals surface area contributed by atoms with Gasteiger partial charge in [0, 0.05) is 24.3 Å². The average molecular weight is 501 g/mol. The SMILES string of the molecule is O=S(=O)(c1cccc(N2CCc3c(cccc3Oc3ccc(C(F)(F)F)cc3)C2)c1)C(F)(F)F. The number of benzene rings is 3. The maximum Gasteiger partial charge on any atom is 0.501 e. The highest BCUT2D eigenvalue weighted by Crippen LogP contribution is 2.36. The summed E-state index contributed by atoms with van der Waals surface area (Å²) >= 11 is 0. The zero-order valence-electron chi connectivity index (χ0n) is 17.3. The van der Waals surface area contributed by atoms with Crippen LogP contribution in [0.2, 0.25) is 0 Å². The van der Waals surface area contributed by atoms with E-state index in [0.29, 0.717) is 24.4 Å². The van der Waals surface area contributed by atoms with Crippen molar-refractivity contribution in [1.82, 2.24) is 0 Å². The van der Waals surface area contributed by atoms with E-state index in [9.17, 15) is 34.8 Å². The smallest absolute Gasteiger partial charge is 0.457 e. The van der Waals surface area contributed by atoms with Gasteiger partial charge < -0.3 is 9.64 Å². The van der Waals surface area contributed by atoms with Gasteiger partial charge in [-0.1, -0.05) is 18.2 Å². The van der Waals surface area contributed by atoms with Crippen LogP contribution in [0.3, 0.4) is 0 Å². The Hall–Kier alpha value is -3.21. The Balaban J connectivity index is 1.56. The lowest BCUT2D eigenvalue weighted by atomic mass is 9.98. The zero-order chi connectivity index (χ0) is 24.7. The molecule has 180 valence electrons. The summed E-state index contributed by atoms with van der Waals surface area (Å²) in [4.78, 5) is 0.919. The van der Waals surface area contributed by atoms with Crippen LogP contribution in [-0.2, 0) is 29.0 Å². The second-order valence-corrected chi connectivity index (χ2v) is 9.58. The van der Waals surface area contributed by atoms with Gasteiger partial charge in [0.05, 0.1) is 10.5 Å². The maximum absolute atomic E-state index is 12.9. The first-order valence-electron chi connectivity index (χ1n) is 9.98. The molecule has 11 heteroatoms. The molecule has 0 amide bonds. The number of nitrogens with zero attached hydrogens (tertiary/aromatic N) is 1. The molecule has 0 atom stereocenters. The highest BCUT2D eigenvalue weighted by atomic mass is 32.2. The number of alkyl halides is 6. The summed E-state index contributed by atoms with van der Waals surface area (Å²) in [6.07, 6.45) is -4.02. The van der Waals surface area contributed by atoms with Crippen molar-refractivity contribution < 1.29 is 39.5 Å². The topological polar surface area (TPSA) is 46.6 Å². The Kier molecular flexibility index (Phi) is 6.01. The van der Waals surface area contributed by atoms with Crippen LogP contribution in [0.25, 0.3) is 0 Å². The summed E-state index contributed by atoms with van der Waals surface area (Å²) in [5.41, 5.74) is -4.24. The van der Waals surface area contributed by atoms with Gasteiger partial charge in [0.15, 0.2) is 0 Å². The van der Waals surface area contributed by atoms with Crippen molar-refractivity contribution in [1.29, 1.82) is 0 Å². The first-order chi connectivity index (χ1) is 15.9. The Morgan fingerprint density at radius 1 is 0.853 bits per heavy atom. The molecule has 0 fully saturated rings. The lowest BCUT2D eigenvalue weighted by Gasteiger charge is -2.32. The predicted molar refractivity (Wildman–Crippen MR) is 112 cm³/mol. The predicted octanol–water partition coefficient (Wildman–Crippen LogP) is 6.35. The lowest BCUT2D eigenvalue weighted by molar-refractivity contribution is -0.137. The number of hydrogen-bond donors (Lipinski definition) is 0. The molecule has 3 aromatic rings. The molecule has 1 heterocycles. The molecule has 1 aliphatic rings. The van der Waals surface area contributed by atoms with E-state index in [1.165, 1.54) is 24.3 Å². The second kappa shape index (κ2) is 8.53. The van der Waals surface area contributed by atoms with E-state index in [4.69, 9.17) is 4.74 Å². The van der Waals surface area contributed by atoms with E-state index >= 15 is 0 Å². The van der Waals surface area contributed by atoms with Gasteiger partial charge in [0.2, 0.25) is 0 Å². The second-order valence-electron chi connectivity index (χ2n) is 7.64. The quantitative estimate of drug-likeness (QED) is 0.391. The first-order valence-corrected chi connectivity index (χ1v) is 11.5. The van der Waals surface area contributed by atoms with Gasteiger partial charge in [0.1, 0.15) is 11.5 Å². The molecular formula is C23H17F6NO3S. The fourth-order valence-electron chi connectivity index (χ4n) is 3.71. The molecule has 0 saturated carbocycles. The van der Waals surface area contributed by atoms with Crippen LogP contribution < -0.4 is 9.64 Å². The van der Waals surface area contributed by atoms with Gasteiger partial charge in [-0.15, -0.1) is 0 Å². The van der Waals surface area contributed by atoms with Gasteiger partial charge in [-0.25, -0.2) is 8.42 Å². The minimum absolute atomic E-state index is 0.230. The molecule has 4 rings (SSSR count). The van der Waals surface area contributed by atoms with Gasteiger partial charge in [-0.3, -0.25) is 0 Å². The Morgan fingerprint density at radius 2 is 1.53 bits per heavy atom. The normalized spacial score (nSPS) is 14.6. The summed E-state index contributed by atoms with van der Waals surface area (Å²) < 4.78 is 106. The molecule has 0 bridgehead atoms. The summed E-state index contributed by atoms with van der Waals surface area (Å²) in [6, 6.07) is 14.2. The summed E-state index contributed by atoms with van der Waals surface area (Å²) in [5.74, 6) is 0.694. The molecule has 0 unspecified atom stereocenters. The molecule has 0 aliphatic carbocycles. The Morgan fingerprint density at radius 3 is 2.18 bits per heavy atom. The minimum atomic E-state index is -5.47. The van der Waals surface area contributed by atoms with Crippen LogP contribution >= 0.6 is 0 Å². The molecule has 34 heavy (non-hydrogen) atoms. The van der Waals surface area contributed by atoms with Crippen molar-refractivity contribution in [2.75, 3.05) is 11.4 Å². The van der Waals surface area contributed by atoms with Crippen LogP contribution in [0, 0.1) is 0 Å². The van der Waals surface area contributed by atoms with Crippen LogP contribution in [0.15, 0.2) is 71.6 Å². The average Bonchev–Trinajstić information content (AvgIpc) is 2.78. The van der Waals surface area contributed by atoms with E-state index < -0.39 is 32.0 Å². The zero-order valence-corrected chi connectivity index (χ0v) is 18.1. The van der Waals surface area contributed by atoms with Gasteiger partial charge in [-0.05, 0) is 60.5 Å². The van der Waals surface area contributed by atoms with Crippen molar-refractivity contribution >= 4 is 15.5 Å². The molecule has 3 aromatic carbocycles. The number of fused-ring (bicyclic) bond motifs is 1. The van der Waals surface area contributed by atoms with Gasteiger partial charge in [0.25, 0.3) is 9.84 Å². The number of hydrogen-bond acceptors (Lipinski definition) is 4. The van der Waals surface area contributed by atoms with Crippen LogP contribution in [0.4, 0.5) is 32.0 Å². The van der Waals surface area contributed by atoms with E-state index in [0.717, 1.165) is 35.4 Å². The van der Waals surface area contributed by atoms with Crippen molar-refractivity contribution in [3.63, 3.8) is 0 Å². The molecule has 0 aromatic heterocycles. The number of sulfone groups is 1. The number of halogens is 6. The van der Waals surface area contributed by atoms with Crippen molar-refractivity contribution in [2.24, 2.45) is 0 Å². The van der Waals surface area contributed by atoms with E-state index in [1.54, 1.807) is 23.1 Å². The molecule has 1 aliphatic heterocycles. The van der Waals surface area contributed by atoms with Crippen LogP contribution in [-0.4, -0.2) is 20.5 Å². The van der Waals surface area contributed by atoms with E-state index in [-0.39, 0.29) is 12.3 Å². The third-order valence-electron chi connectivity index (χ3n) is 5.43. The van der Waals surface area contributed by atoms with Gasteiger partial charge >= 0.3 is 11.7 Å². The van der Waals surface area contributed by atoms with Crippen molar-refractivity contribution in [2.45, 2.75) is 29.5 Å². The number of rotatable bonds is 4. The maximum atomic E-state index is 12.9. The summed E-state index contributed by atoms with van der Waals surface area (Å²) in [5, 5.41) is 0. The third kappa shape index (κ3) is 4.70. The molecule has 0 radical (unpaired) electrons. The van der Waals surface area contributed by atoms with Crippen molar-refractivity contribution in [3.05, 3.63) is 83.4 Å². The first kappa shape index (κ1) is 23.9. The largest absolute Gasteiger partial charge is 0.501 e.